The maximum atomic E-state index is 11.2. The molecule has 0 aliphatic heterocycles. The lowest BCUT2D eigenvalue weighted by molar-refractivity contribution is 0.0696. The van der Waals surface area contributed by atoms with Crippen LogP contribution in [0.2, 0.25) is 5.02 Å². The molecule has 0 amide bonds. The van der Waals surface area contributed by atoms with E-state index in [0.717, 1.165) is 10.7 Å². The lowest BCUT2D eigenvalue weighted by Gasteiger charge is -2.08. The predicted octanol–water partition coefficient (Wildman–Crippen LogP) is 4.10. The minimum atomic E-state index is -0.958. The van der Waals surface area contributed by atoms with E-state index in [-0.39, 0.29) is 11.5 Å². The Morgan fingerprint density at radius 1 is 1.30 bits per heavy atom. The van der Waals surface area contributed by atoms with Crippen LogP contribution in [0.4, 0.5) is 0 Å². The summed E-state index contributed by atoms with van der Waals surface area (Å²) in [7, 11) is 0. The van der Waals surface area contributed by atoms with Crippen molar-refractivity contribution in [2.45, 2.75) is 29.8 Å². The van der Waals surface area contributed by atoms with Crippen molar-refractivity contribution < 1.29 is 9.90 Å². The molecule has 2 aromatic rings. The molecule has 0 saturated heterocycles. The van der Waals surface area contributed by atoms with Crippen molar-refractivity contribution in [1.82, 2.24) is 9.97 Å². The van der Waals surface area contributed by atoms with Gasteiger partial charge in [0.2, 0.25) is 0 Å². The maximum Gasteiger partial charge on any atom is 0.335 e. The van der Waals surface area contributed by atoms with Gasteiger partial charge < -0.3 is 5.11 Å². The van der Waals surface area contributed by atoms with Gasteiger partial charge in [0.25, 0.3) is 0 Å². The molecular weight excluding hydrogens is 296 g/mol. The van der Waals surface area contributed by atoms with E-state index in [2.05, 4.69) is 9.97 Å². The Kier molecular flexibility index (Phi) is 4.62. The van der Waals surface area contributed by atoms with Gasteiger partial charge in [-0.1, -0.05) is 37.2 Å². The highest BCUT2D eigenvalue weighted by molar-refractivity contribution is 7.99. The summed E-state index contributed by atoms with van der Waals surface area (Å²) in [5.41, 5.74) is 0.988. The third-order valence-corrected chi connectivity index (χ3v) is 3.66. The molecule has 0 spiro atoms. The molecule has 0 atom stereocenters. The number of halogens is 1. The number of aromatic nitrogens is 2. The third kappa shape index (κ3) is 3.71. The van der Waals surface area contributed by atoms with Crippen molar-refractivity contribution in [2.75, 3.05) is 0 Å². The summed E-state index contributed by atoms with van der Waals surface area (Å²) in [6.45, 7) is 3.95. The molecule has 2 heterocycles. The van der Waals surface area contributed by atoms with Gasteiger partial charge >= 0.3 is 5.97 Å². The second kappa shape index (κ2) is 6.24. The number of carboxylic acid groups (broad SMARTS) is 1. The summed E-state index contributed by atoms with van der Waals surface area (Å²) in [5.74, 6) is -0.799. The Bertz CT molecular complexity index is 630. The third-order valence-electron chi connectivity index (χ3n) is 2.57. The SMILES string of the molecule is CC(C)c1cc(C(=O)O)cc(Sc2ccc(Cl)cn2)n1. The van der Waals surface area contributed by atoms with E-state index in [1.54, 1.807) is 30.5 Å². The van der Waals surface area contributed by atoms with Gasteiger partial charge in [-0.05, 0) is 30.2 Å². The molecule has 0 fully saturated rings. The molecular formula is C14H13ClN2O2S. The summed E-state index contributed by atoms with van der Waals surface area (Å²) in [6.07, 6.45) is 1.55. The summed E-state index contributed by atoms with van der Waals surface area (Å²) in [5, 5.41) is 11.0. The number of rotatable bonds is 4. The maximum absolute atomic E-state index is 11.2. The second-order valence-corrected chi connectivity index (χ2v) is 5.97. The van der Waals surface area contributed by atoms with Crippen LogP contribution in [0.1, 0.15) is 35.8 Å². The molecule has 0 unspecified atom stereocenters. The molecule has 1 N–H and O–H groups in total. The van der Waals surface area contributed by atoms with Gasteiger partial charge in [0.1, 0.15) is 10.1 Å². The predicted molar refractivity (Wildman–Crippen MR) is 78.7 cm³/mol. The number of carboxylic acids is 1. The van der Waals surface area contributed by atoms with E-state index in [9.17, 15) is 4.79 Å². The molecule has 0 saturated carbocycles. The standard InChI is InChI=1S/C14H13ClN2O2S/c1-8(2)11-5-9(14(18)19)6-13(17-11)20-12-4-3-10(15)7-16-12/h3-8H,1-2H3,(H,18,19). The molecule has 20 heavy (non-hydrogen) atoms. The van der Waals surface area contributed by atoms with Gasteiger partial charge in [0.15, 0.2) is 0 Å². The van der Waals surface area contributed by atoms with Gasteiger partial charge in [0, 0.05) is 11.9 Å². The highest BCUT2D eigenvalue weighted by Crippen LogP contribution is 2.27. The van der Waals surface area contributed by atoms with Crippen LogP contribution in [0, 0.1) is 0 Å². The fourth-order valence-corrected chi connectivity index (χ4v) is 2.43. The van der Waals surface area contributed by atoms with E-state index in [0.29, 0.717) is 10.0 Å². The van der Waals surface area contributed by atoms with E-state index < -0.39 is 5.97 Å². The highest BCUT2D eigenvalue weighted by atomic mass is 35.5. The normalized spacial score (nSPS) is 10.8. The zero-order valence-corrected chi connectivity index (χ0v) is 12.6. The molecule has 2 rings (SSSR count). The zero-order chi connectivity index (χ0) is 14.7. The Morgan fingerprint density at radius 3 is 2.60 bits per heavy atom. The summed E-state index contributed by atoms with van der Waals surface area (Å²) >= 11 is 7.10. The first kappa shape index (κ1) is 14.8. The molecule has 0 bridgehead atoms. The minimum absolute atomic E-state index is 0.159. The van der Waals surface area contributed by atoms with Crippen LogP contribution in [0.15, 0.2) is 40.5 Å². The van der Waals surface area contributed by atoms with Crippen molar-refractivity contribution >= 4 is 29.3 Å². The molecule has 104 valence electrons. The van der Waals surface area contributed by atoms with Crippen LogP contribution in [-0.2, 0) is 0 Å². The number of hydrogen-bond donors (Lipinski definition) is 1. The smallest absolute Gasteiger partial charge is 0.335 e. The Morgan fingerprint density at radius 2 is 2.05 bits per heavy atom. The lowest BCUT2D eigenvalue weighted by atomic mass is 10.1. The van der Waals surface area contributed by atoms with Crippen LogP contribution in [0.25, 0.3) is 0 Å². The van der Waals surface area contributed by atoms with Crippen LogP contribution in [0.5, 0.6) is 0 Å². The fraction of sp³-hybridized carbons (Fsp3) is 0.214. The van der Waals surface area contributed by atoms with E-state index in [1.807, 2.05) is 13.8 Å². The molecule has 0 aromatic carbocycles. The van der Waals surface area contributed by atoms with E-state index in [1.165, 1.54) is 11.8 Å². The zero-order valence-electron chi connectivity index (χ0n) is 11.0. The quantitative estimate of drug-likeness (QED) is 0.921. The monoisotopic (exact) mass is 308 g/mol. The average molecular weight is 309 g/mol. The van der Waals surface area contributed by atoms with Crippen molar-refractivity contribution in [3.05, 3.63) is 46.7 Å². The van der Waals surface area contributed by atoms with Crippen molar-refractivity contribution in [2.24, 2.45) is 0 Å². The number of nitrogens with zero attached hydrogens (tertiary/aromatic N) is 2. The van der Waals surface area contributed by atoms with Gasteiger partial charge in [0.05, 0.1) is 10.6 Å². The topological polar surface area (TPSA) is 63.1 Å². The van der Waals surface area contributed by atoms with Gasteiger partial charge in [-0.25, -0.2) is 14.8 Å². The van der Waals surface area contributed by atoms with Crippen LogP contribution < -0.4 is 0 Å². The molecule has 2 aromatic heterocycles. The average Bonchev–Trinajstić information content (AvgIpc) is 2.41. The minimum Gasteiger partial charge on any atom is -0.478 e. The number of pyridine rings is 2. The van der Waals surface area contributed by atoms with Crippen molar-refractivity contribution in [1.29, 1.82) is 0 Å². The molecule has 6 heteroatoms. The van der Waals surface area contributed by atoms with E-state index in [4.69, 9.17) is 16.7 Å². The Hall–Kier alpha value is -1.59. The Labute approximate surface area is 126 Å². The summed E-state index contributed by atoms with van der Waals surface area (Å²) in [4.78, 5) is 19.8. The van der Waals surface area contributed by atoms with Crippen molar-refractivity contribution in [3.8, 4) is 0 Å². The first-order chi connectivity index (χ1) is 9.45. The molecule has 0 aliphatic carbocycles. The van der Waals surface area contributed by atoms with E-state index >= 15 is 0 Å². The Balaban J connectivity index is 2.35. The van der Waals surface area contributed by atoms with Crippen molar-refractivity contribution in [3.63, 3.8) is 0 Å². The molecule has 0 radical (unpaired) electrons. The van der Waals surface area contributed by atoms with Crippen LogP contribution >= 0.6 is 23.4 Å². The fourth-order valence-electron chi connectivity index (χ4n) is 1.53. The summed E-state index contributed by atoms with van der Waals surface area (Å²) < 4.78 is 0. The van der Waals surface area contributed by atoms with Crippen LogP contribution in [-0.4, -0.2) is 21.0 Å². The van der Waals surface area contributed by atoms with Gasteiger partial charge in [-0.15, -0.1) is 0 Å². The number of hydrogen-bond acceptors (Lipinski definition) is 4. The largest absolute Gasteiger partial charge is 0.478 e. The highest BCUT2D eigenvalue weighted by Gasteiger charge is 2.12. The number of carbonyl (C=O) groups is 1. The molecule has 0 aliphatic rings. The first-order valence-corrected chi connectivity index (χ1v) is 7.20. The van der Waals surface area contributed by atoms with Crippen LogP contribution in [0.3, 0.4) is 0 Å². The second-order valence-electron chi connectivity index (χ2n) is 4.50. The lowest BCUT2D eigenvalue weighted by Crippen LogP contribution is -2.02. The van der Waals surface area contributed by atoms with Gasteiger partial charge in [-0.2, -0.15) is 0 Å². The molecule has 4 nitrogen and oxygen atoms in total. The first-order valence-electron chi connectivity index (χ1n) is 6.00. The van der Waals surface area contributed by atoms with Gasteiger partial charge in [-0.3, -0.25) is 0 Å². The number of aromatic carboxylic acids is 1. The summed E-state index contributed by atoms with van der Waals surface area (Å²) in [6, 6.07) is 6.67.